The zero-order valence-corrected chi connectivity index (χ0v) is 19.3. The quantitative estimate of drug-likeness (QED) is 0.479. The van der Waals surface area contributed by atoms with Gasteiger partial charge in [0.15, 0.2) is 5.65 Å². The molecule has 8 heteroatoms. The van der Waals surface area contributed by atoms with Crippen LogP contribution in [-0.4, -0.2) is 54.3 Å². The first-order chi connectivity index (χ1) is 15.6. The topological polar surface area (TPSA) is 45.5 Å². The van der Waals surface area contributed by atoms with Crippen LogP contribution in [0.2, 0.25) is 5.02 Å². The van der Waals surface area contributed by atoms with Crippen molar-refractivity contribution in [1.29, 1.82) is 0 Å². The van der Waals surface area contributed by atoms with Gasteiger partial charge >= 0.3 is 0 Å². The van der Waals surface area contributed by atoms with Crippen molar-refractivity contribution in [2.24, 2.45) is 0 Å². The Kier molecular flexibility index (Phi) is 5.94. The normalized spacial score (nSPS) is 15.3. The predicted octanol–water partition coefficient (Wildman–Crippen LogP) is 1.64. The Bertz CT molecular complexity index is 1250. The van der Waals surface area contributed by atoms with Gasteiger partial charge in [-0.15, -0.1) is 0 Å². The predicted molar refractivity (Wildman–Crippen MR) is 138 cm³/mol. The zero-order chi connectivity index (χ0) is 22.1. The molecule has 0 amide bonds. The van der Waals surface area contributed by atoms with E-state index in [1.54, 1.807) is 0 Å². The molecule has 4 aromatic rings. The summed E-state index contributed by atoms with van der Waals surface area (Å²) in [6.07, 6.45) is 4.06. The van der Waals surface area contributed by atoms with E-state index >= 15 is 0 Å². The van der Waals surface area contributed by atoms with Crippen molar-refractivity contribution in [3.63, 3.8) is 0 Å². The number of halogens is 1. The molecule has 5 rings (SSSR count). The lowest BCUT2D eigenvalue weighted by atomic mass is 9.90. The molecule has 0 atom stereocenters. The van der Waals surface area contributed by atoms with Crippen molar-refractivity contribution in [3.05, 3.63) is 71.4 Å². The number of nitrogens with one attached hydrogen (secondary N) is 1. The Morgan fingerprint density at radius 3 is 2.53 bits per heavy atom. The summed E-state index contributed by atoms with van der Waals surface area (Å²) in [5, 5.41) is 9.03. The van der Waals surface area contributed by atoms with Crippen LogP contribution < -0.4 is 16.2 Å². The molecule has 1 N–H and O–H groups in total. The lowest BCUT2D eigenvalue weighted by Crippen LogP contribution is -2.39. The van der Waals surface area contributed by atoms with Crippen LogP contribution >= 0.6 is 11.6 Å². The Morgan fingerprint density at radius 1 is 1.00 bits per heavy atom. The molecule has 0 unspecified atom stereocenters. The molecule has 1 saturated heterocycles. The Labute approximate surface area is 195 Å². The van der Waals surface area contributed by atoms with Gasteiger partial charge in [0.2, 0.25) is 0 Å². The van der Waals surface area contributed by atoms with Crippen LogP contribution in [0.4, 0.5) is 5.82 Å². The average Bonchev–Trinajstić information content (AvgIpc) is 3.18. The molecule has 32 heavy (non-hydrogen) atoms. The van der Waals surface area contributed by atoms with Crippen LogP contribution in [0, 0.1) is 0 Å². The number of hydrogen-bond acceptors (Lipinski definition) is 4. The summed E-state index contributed by atoms with van der Waals surface area (Å²) in [4.78, 5) is 7.41. The molecular formula is C24H26B2ClN5. The van der Waals surface area contributed by atoms with Gasteiger partial charge in [-0.05, 0) is 29.9 Å². The van der Waals surface area contributed by atoms with E-state index < -0.39 is 0 Å². The van der Waals surface area contributed by atoms with Gasteiger partial charge in [0.1, 0.15) is 21.5 Å². The van der Waals surface area contributed by atoms with E-state index in [2.05, 4.69) is 53.5 Å². The highest BCUT2D eigenvalue weighted by molar-refractivity contribution is 6.36. The summed E-state index contributed by atoms with van der Waals surface area (Å²) in [5.74, 6) is 0.968. The van der Waals surface area contributed by atoms with Crippen LogP contribution in [0.3, 0.4) is 0 Å². The second kappa shape index (κ2) is 9.00. The number of aromatic nitrogens is 3. The molecule has 1 fully saturated rings. The van der Waals surface area contributed by atoms with E-state index in [0.717, 1.165) is 60.7 Å². The van der Waals surface area contributed by atoms with E-state index in [0.29, 0.717) is 11.1 Å². The number of nitrogens with zero attached hydrogens (tertiary/aromatic N) is 4. The third kappa shape index (κ3) is 4.27. The highest BCUT2D eigenvalue weighted by atomic mass is 35.5. The monoisotopic (exact) mass is 441 g/mol. The van der Waals surface area contributed by atoms with Crippen LogP contribution in [0.25, 0.3) is 16.9 Å². The first kappa shape index (κ1) is 21.1. The molecule has 2 aromatic heterocycles. The van der Waals surface area contributed by atoms with Crippen molar-refractivity contribution >= 4 is 49.7 Å². The van der Waals surface area contributed by atoms with E-state index in [1.165, 1.54) is 11.0 Å². The fourth-order valence-corrected chi connectivity index (χ4v) is 4.69. The molecule has 0 spiro atoms. The molecule has 0 aliphatic carbocycles. The average molecular weight is 442 g/mol. The molecule has 3 heterocycles. The molecule has 0 saturated carbocycles. The van der Waals surface area contributed by atoms with Crippen LogP contribution in [-0.2, 0) is 6.54 Å². The van der Waals surface area contributed by atoms with E-state index in [4.69, 9.17) is 16.6 Å². The van der Waals surface area contributed by atoms with Crippen molar-refractivity contribution in [2.45, 2.75) is 25.4 Å². The summed E-state index contributed by atoms with van der Waals surface area (Å²) < 4.78 is 1.91. The Hall–Kier alpha value is -2.76. The summed E-state index contributed by atoms with van der Waals surface area (Å²) in [5.41, 5.74) is 6.51. The maximum Gasteiger partial charge on any atom is 0.151 e. The standard InChI is InChI=1S/C24H26B2ClN5/c25-19-7-3-1-5-16(19)15-31-11-9-17(10-12-31)29-23-13-22(18-6-2-4-8-21(18)27)30-24-20(26)14-28-32(23)24/h1-8,13-14,17,29H,9-12,15,25-26H2. The van der Waals surface area contributed by atoms with Crippen molar-refractivity contribution in [2.75, 3.05) is 18.4 Å². The van der Waals surface area contributed by atoms with Gasteiger partial charge in [0.05, 0.1) is 5.69 Å². The molecule has 0 radical (unpaired) electrons. The number of hydrogen-bond donors (Lipinski definition) is 1. The van der Waals surface area contributed by atoms with E-state index in [1.807, 2.05) is 42.8 Å². The highest BCUT2D eigenvalue weighted by Crippen LogP contribution is 2.29. The first-order valence-electron chi connectivity index (χ1n) is 11.2. The van der Waals surface area contributed by atoms with Crippen molar-refractivity contribution in [1.82, 2.24) is 19.5 Å². The summed E-state index contributed by atoms with van der Waals surface area (Å²) >= 11 is 6.47. The van der Waals surface area contributed by atoms with Gasteiger partial charge in [-0.3, -0.25) is 4.90 Å². The molecular weight excluding hydrogens is 415 g/mol. The fraction of sp³-hybridized carbons (Fsp3) is 0.250. The van der Waals surface area contributed by atoms with E-state index in [9.17, 15) is 0 Å². The SMILES string of the molecule is Bc1ccccc1CN1CCC(Nc2cc(-c3ccccc3Cl)nc3c(B)cnn23)CC1. The number of likely N-dealkylation sites (tertiary alicyclic amines) is 1. The molecule has 5 nitrogen and oxygen atoms in total. The zero-order valence-electron chi connectivity index (χ0n) is 18.6. The van der Waals surface area contributed by atoms with Crippen LogP contribution in [0.5, 0.6) is 0 Å². The number of piperidine rings is 1. The number of benzene rings is 2. The van der Waals surface area contributed by atoms with Gasteiger partial charge < -0.3 is 5.32 Å². The van der Waals surface area contributed by atoms with Gasteiger partial charge in [-0.1, -0.05) is 59.5 Å². The number of fused-ring (bicyclic) bond motifs is 1. The summed E-state index contributed by atoms with van der Waals surface area (Å²) in [6.45, 7) is 3.18. The number of anilines is 1. The van der Waals surface area contributed by atoms with Gasteiger partial charge in [-0.25, -0.2) is 4.98 Å². The third-order valence-electron chi connectivity index (χ3n) is 6.39. The second-order valence-corrected chi connectivity index (χ2v) is 9.10. The third-order valence-corrected chi connectivity index (χ3v) is 6.72. The summed E-state index contributed by atoms with van der Waals surface area (Å²) in [7, 11) is 4.24. The Morgan fingerprint density at radius 2 is 1.75 bits per heavy atom. The lowest BCUT2D eigenvalue weighted by molar-refractivity contribution is 0.211. The minimum absolute atomic E-state index is 0.400. The first-order valence-corrected chi connectivity index (χ1v) is 11.6. The van der Waals surface area contributed by atoms with Gasteiger partial charge in [0, 0.05) is 48.5 Å². The lowest BCUT2D eigenvalue weighted by Gasteiger charge is -2.33. The largest absolute Gasteiger partial charge is 0.367 e. The van der Waals surface area contributed by atoms with Crippen LogP contribution in [0.15, 0.2) is 60.8 Å². The fourth-order valence-electron chi connectivity index (χ4n) is 4.46. The van der Waals surface area contributed by atoms with Gasteiger partial charge in [0.25, 0.3) is 0 Å². The molecule has 1 aliphatic rings. The molecule has 2 aromatic carbocycles. The smallest absolute Gasteiger partial charge is 0.151 e. The Balaban J connectivity index is 1.34. The van der Waals surface area contributed by atoms with Crippen molar-refractivity contribution < 1.29 is 0 Å². The van der Waals surface area contributed by atoms with Crippen molar-refractivity contribution in [3.8, 4) is 11.3 Å². The van der Waals surface area contributed by atoms with Crippen LogP contribution in [0.1, 0.15) is 18.4 Å². The second-order valence-electron chi connectivity index (χ2n) is 8.69. The number of rotatable bonds is 5. The minimum Gasteiger partial charge on any atom is -0.367 e. The summed E-state index contributed by atoms with van der Waals surface area (Å²) in [6, 6.07) is 19.0. The highest BCUT2D eigenvalue weighted by Gasteiger charge is 2.21. The molecule has 1 aliphatic heterocycles. The maximum atomic E-state index is 6.47. The molecule has 160 valence electrons. The maximum absolute atomic E-state index is 6.47. The van der Waals surface area contributed by atoms with E-state index in [-0.39, 0.29) is 0 Å². The molecule has 0 bridgehead atoms. The minimum atomic E-state index is 0.400. The van der Waals surface area contributed by atoms with Gasteiger partial charge in [-0.2, -0.15) is 9.61 Å².